The molecule has 2 atom stereocenters. The maximum absolute atomic E-state index is 11.9. The number of nitrogens with zero attached hydrogens (tertiary/aromatic N) is 2. The molecule has 1 N–H and O–H groups in total. The lowest BCUT2D eigenvalue weighted by atomic mass is 9.74. The van der Waals surface area contributed by atoms with Gasteiger partial charge in [-0.25, -0.2) is 0 Å². The molecule has 19 heavy (non-hydrogen) atoms. The molecular formula is C15H17N3O. The molecule has 1 aromatic heterocycles. The molecule has 98 valence electrons. The van der Waals surface area contributed by atoms with E-state index in [1.165, 1.54) is 0 Å². The smallest absolute Gasteiger partial charge is 0.267 e. The summed E-state index contributed by atoms with van der Waals surface area (Å²) in [6.45, 7) is 6.29. The zero-order valence-corrected chi connectivity index (χ0v) is 11.4. The summed E-state index contributed by atoms with van der Waals surface area (Å²) in [5.74, 6) is 0.878. The lowest BCUT2D eigenvalue weighted by Crippen LogP contribution is -2.26. The first-order chi connectivity index (χ1) is 9.01. The van der Waals surface area contributed by atoms with Crippen LogP contribution in [0.4, 0.5) is 0 Å². The molecule has 0 spiro atoms. The minimum Gasteiger partial charge on any atom is -0.324 e. The molecule has 0 fully saturated rings. The van der Waals surface area contributed by atoms with Crippen LogP contribution in [-0.4, -0.2) is 4.98 Å². The van der Waals surface area contributed by atoms with Gasteiger partial charge >= 0.3 is 0 Å². The van der Waals surface area contributed by atoms with Gasteiger partial charge in [0.05, 0.1) is 5.56 Å². The fourth-order valence-electron chi connectivity index (χ4n) is 3.05. The average molecular weight is 255 g/mol. The Balaban J connectivity index is 2.81. The maximum Gasteiger partial charge on any atom is 0.267 e. The van der Waals surface area contributed by atoms with Gasteiger partial charge in [-0.05, 0) is 30.2 Å². The van der Waals surface area contributed by atoms with E-state index in [9.17, 15) is 10.1 Å². The van der Waals surface area contributed by atoms with E-state index in [0.717, 1.165) is 24.1 Å². The van der Waals surface area contributed by atoms with Crippen LogP contribution in [0.15, 0.2) is 4.79 Å². The number of pyridine rings is 1. The molecule has 0 aromatic carbocycles. The third-order valence-electron chi connectivity index (χ3n) is 4.09. The summed E-state index contributed by atoms with van der Waals surface area (Å²) in [7, 11) is 0. The van der Waals surface area contributed by atoms with Gasteiger partial charge in [-0.3, -0.25) is 4.79 Å². The molecule has 1 aliphatic carbocycles. The van der Waals surface area contributed by atoms with Crippen molar-refractivity contribution in [1.29, 1.82) is 10.5 Å². The summed E-state index contributed by atoms with van der Waals surface area (Å²) < 4.78 is 0. The van der Waals surface area contributed by atoms with E-state index in [1.807, 2.05) is 6.07 Å². The van der Waals surface area contributed by atoms with E-state index >= 15 is 0 Å². The van der Waals surface area contributed by atoms with Crippen molar-refractivity contribution in [3.05, 3.63) is 32.7 Å². The standard InChI is InChI=1S/C15H17N3O/c1-8(2)10-5-4-9(3)13-11(6-16)12(7-17)15(19)18-14(10)13/h8-10H,4-5H2,1-3H3,(H,18,19)/t9-,10-/m1/s1. The second-order valence-electron chi connectivity index (χ2n) is 5.58. The maximum atomic E-state index is 11.9. The SMILES string of the molecule is CC(C)[C@H]1CC[C@@H](C)c2c1[nH]c(=O)c(C#N)c2C#N. The lowest BCUT2D eigenvalue weighted by molar-refractivity contribution is 0.399. The molecule has 1 heterocycles. The quantitative estimate of drug-likeness (QED) is 0.837. The molecule has 0 radical (unpaired) electrons. The van der Waals surface area contributed by atoms with Crippen LogP contribution in [0.25, 0.3) is 0 Å². The first-order valence-electron chi connectivity index (χ1n) is 6.61. The van der Waals surface area contributed by atoms with Crippen molar-refractivity contribution in [3.63, 3.8) is 0 Å². The number of aromatic amines is 1. The number of nitriles is 2. The molecule has 0 bridgehead atoms. The van der Waals surface area contributed by atoms with Crippen LogP contribution < -0.4 is 5.56 Å². The summed E-state index contributed by atoms with van der Waals surface area (Å²) in [5.41, 5.74) is 1.55. The van der Waals surface area contributed by atoms with Crippen molar-refractivity contribution in [2.24, 2.45) is 5.92 Å². The second-order valence-corrected chi connectivity index (χ2v) is 5.58. The van der Waals surface area contributed by atoms with E-state index in [2.05, 4.69) is 31.8 Å². The summed E-state index contributed by atoms with van der Waals surface area (Å²) in [6, 6.07) is 3.93. The van der Waals surface area contributed by atoms with Crippen LogP contribution in [0.5, 0.6) is 0 Å². The highest BCUT2D eigenvalue weighted by Crippen LogP contribution is 2.42. The van der Waals surface area contributed by atoms with Crippen molar-refractivity contribution < 1.29 is 0 Å². The number of fused-ring (bicyclic) bond motifs is 1. The minimum absolute atomic E-state index is 0.0440. The molecule has 0 amide bonds. The van der Waals surface area contributed by atoms with Crippen molar-refractivity contribution >= 4 is 0 Å². The zero-order chi connectivity index (χ0) is 14.2. The number of aromatic nitrogens is 1. The largest absolute Gasteiger partial charge is 0.324 e. The minimum atomic E-state index is -0.433. The number of nitrogens with one attached hydrogen (secondary N) is 1. The third kappa shape index (κ3) is 2.04. The van der Waals surface area contributed by atoms with Crippen molar-refractivity contribution in [2.75, 3.05) is 0 Å². The highest BCUT2D eigenvalue weighted by atomic mass is 16.1. The monoisotopic (exact) mass is 255 g/mol. The Labute approximate surface area is 112 Å². The first kappa shape index (κ1) is 13.4. The van der Waals surface area contributed by atoms with Gasteiger partial charge in [0, 0.05) is 11.6 Å². The second kappa shape index (κ2) is 4.90. The van der Waals surface area contributed by atoms with Gasteiger partial charge in [-0.15, -0.1) is 0 Å². The predicted molar refractivity (Wildman–Crippen MR) is 71.7 cm³/mol. The Kier molecular flexibility index (Phi) is 3.44. The molecule has 0 unspecified atom stereocenters. The van der Waals surface area contributed by atoms with Gasteiger partial charge in [0.1, 0.15) is 17.7 Å². The van der Waals surface area contributed by atoms with E-state index in [4.69, 9.17) is 5.26 Å². The van der Waals surface area contributed by atoms with Gasteiger partial charge in [0.15, 0.2) is 0 Å². The summed E-state index contributed by atoms with van der Waals surface area (Å²) in [6.07, 6.45) is 2.00. The van der Waals surface area contributed by atoms with Gasteiger partial charge in [-0.1, -0.05) is 20.8 Å². The Morgan fingerprint density at radius 2 is 1.84 bits per heavy atom. The molecule has 0 aliphatic heterocycles. The van der Waals surface area contributed by atoms with Crippen molar-refractivity contribution in [3.8, 4) is 12.1 Å². The zero-order valence-electron chi connectivity index (χ0n) is 11.4. The van der Waals surface area contributed by atoms with Gasteiger partial charge < -0.3 is 4.98 Å². The number of hydrogen-bond acceptors (Lipinski definition) is 3. The Bertz CT molecular complexity index is 643. The van der Waals surface area contributed by atoms with Gasteiger partial charge in [0.2, 0.25) is 0 Å². The highest BCUT2D eigenvalue weighted by molar-refractivity contribution is 5.53. The van der Waals surface area contributed by atoms with Crippen LogP contribution in [-0.2, 0) is 0 Å². The molecule has 4 nitrogen and oxygen atoms in total. The fraction of sp³-hybridized carbons (Fsp3) is 0.533. The summed E-state index contributed by atoms with van der Waals surface area (Å²) in [5, 5.41) is 18.4. The predicted octanol–water partition coefficient (Wildman–Crippen LogP) is 2.76. The van der Waals surface area contributed by atoms with Crippen LogP contribution in [0.2, 0.25) is 0 Å². The van der Waals surface area contributed by atoms with Crippen LogP contribution >= 0.6 is 0 Å². The van der Waals surface area contributed by atoms with Crippen molar-refractivity contribution in [1.82, 2.24) is 4.98 Å². The van der Waals surface area contributed by atoms with Crippen molar-refractivity contribution in [2.45, 2.75) is 45.4 Å². The van der Waals surface area contributed by atoms with Crippen LogP contribution in [0.3, 0.4) is 0 Å². The molecule has 0 saturated carbocycles. The molecule has 0 saturated heterocycles. The normalized spacial score (nSPS) is 21.6. The Hall–Kier alpha value is -2.07. The summed E-state index contributed by atoms with van der Waals surface area (Å²) >= 11 is 0. The number of H-pyrrole nitrogens is 1. The lowest BCUT2D eigenvalue weighted by Gasteiger charge is -2.32. The number of hydrogen-bond donors (Lipinski definition) is 1. The van der Waals surface area contributed by atoms with Gasteiger partial charge in [0.25, 0.3) is 5.56 Å². The third-order valence-corrected chi connectivity index (χ3v) is 4.09. The fourth-order valence-corrected chi connectivity index (χ4v) is 3.05. The highest BCUT2D eigenvalue weighted by Gasteiger charge is 2.31. The van der Waals surface area contributed by atoms with E-state index < -0.39 is 5.56 Å². The molecule has 1 aliphatic rings. The molecule has 1 aromatic rings. The first-order valence-corrected chi connectivity index (χ1v) is 6.61. The molecule has 4 heteroatoms. The topological polar surface area (TPSA) is 80.4 Å². The van der Waals surface area contributed by atoms with Gasteiger partial charge in [-0.2, -0.15) is 10.5 Å². The Morgan fingerprint density at radius 1 is 1.21 bits per heavy atom. The van der Waals surface area contributed by atoms with Crippen LogP contribution in [0.1, 0.15) is 67.8 Å². The molecular weight excluding hydrogens is 238 g/mol. The molecule has 2 rings (SSSR count). The van der Waals surface area contributed by atoms with Crippen LogP contribution in [0, 0.1) is 28.6 Å². The van der Waals surface area contributed by atoms with E-state index in [1.54, 1.807) is 0 Å². The number of rotatable bonds is 1. The Morgan fingerprint density at radius 3 is 2.37 bits per heavy atom. The average Bonchev–Trinajstić information content (AvgIpc) is 2.37. The van der Waals surface area contributed by atoms with E-state index in [0.29, 0.717) is 5.92 Å². The van der Waals surface area contributed by atoms with E-state index in [-0.39, 0.29) is 23.0 Å². The summed E-state index contributed by atoms with van der Waals surface area (Å²) in [4.78, 5) is 14.8.